The molecule has 0 atom stereocenters. The Bertz CT molecular complexity index is 2580. The molecule has 6 aromatic carbocycles. The topological polar surface area (TPSA) is 95.7 Å². The van der Waals surface area contributed by atoms with E-state index in [4.69, 9.17) is 23.8 Å². The number of hydrogen-bond acceptors (Lipinski definition) is 7. The lowest BCUT2D eigenvalue weighted by Crippen LogP contribution is -2.06. The molecule has 10 aromatic rings. The van der Waals surface area contributed by atoms with Gasteiger partial charge >= 0.3 is 0 Å². The minimum absolute atomic E-state index is 0.531. The summed E-state index contributed by atoms with van der Waals surface area (Å²) in [7, 11) is 0. The third-order valence-corrected chi connectivity index (χ3v) is 8.77. The van der Waals surface area contributed by atoms with E-state index < -0.39 is 0 Å². The average Bonchev–Trinajstić information content (AvgIpc) is 3.89. The third kappa shape index (κ3) is 4.57. The number of rotatable bonds is 5. The molecule has 0 bridgehead atoms. The zero-order valence-corrected chi connectivity index (χ0v) is 25.9. The largest absolute Gasteiger partial charge is 0.436 e. The van der Waals surface area contributed by atoms with Crippen LogP contribution in [0.3, 0.4) is 0 Å². The molecule has 0 amide bonds. The van der Waals surface area contributed by atoms with Crippen LogP contribution in [0.25, 0.3) is 95.6 Å². The molecule has 8 heteroatoms. The molecule has 49 heavy (non-hydrogen) atoms. The van der Waals surface area contributed by atoms with E-state index in [1.165, 1.54) is 0 Å². The Morgan fingerprint density at radius 1 is 0.367 bits per heavy atom. The van der Waals surface area contributed by atoms with Crippen LogP contribution < -0.4 is 0 Å². The Morgan fingerprint density at radius 2 is 0.776 bits per heavy atom. The zero-order valence-electron chi connectivity index (χ0n) is 25.9. The molecule has 0 aliphatic heterocycles. The Labute approximate surface area is 279 Å². The van der Waals surface area contributed by atoms with E-state index in [9.17, 15) is 0 Å². The number of aromatic nitrogens is 6. The van der Waals surface area contributed by atoms with Gasteiger partial charge in [0.15, 0.2) is 22.8 Å². The fraction of sp³-hybridized carbons (Fsp3) is 0. The summed E-state index contributed by atoms with van der Waals surface area (Å²) in [6.45, 7) is 0. The second kappa shape index (κ2) is 10.8. The second-order valence-electron chi connectivity index (χ2n) is 11.8. The van der Waals surface area contributed by atoms with Crippen LogP contribution in [-0.2, 0) is 0 Å². The van der Waals surface area contributed by atoms with Crippen molar-refractivity contribution < 1.29 is 8.83 Å². The highest BCUT2D eigenvalue weighted by Crippen LogP contribution is 2.33. The van der Waals surface area contributed by atoms with Gasteiger partial charge in [-0.3, -0.25) is 4.57 Å². The predicted molar refractivity (Wildman–Crippen MR) is 191 cm³/mol. The van der Waals surface area contributed by atoms with Gasteiger partial charge in [0.05, 0.1) is 11.0 Å². The first-order chi connectivity index (χ1) is 24.2. The number of oxazole rings is 2. The Morgan fingerprint density at radius 3 is 1.24 bits per heavy atom. The molecule has 0 aliphatic carbocycles. The highest BCUT2D eigenvalue weighted by Gasteiger charge is 2.18. The smallest absolute Gasteiger partial charge is 0.238 e. The van der Waals surface area contributed by atoms with Gasteiger partial charge in [-0.25, -0.2) is 15.0 Å². The predicted octanol–water partition coefficient (Wildman–Crippen LogP) is 9.92. The highest BCUT2D eigenvalue weighted by atomic mass is 16.4. The van der Waals surface area contributed by atoms with Crippen molar-refractivity contribution in [1.29, 1.82) is 0 Å². The number of benzene rings is 6. The van der Waals surface area contributed by atoms with Crippen molar-refractivity contribution in [1.82, 2.24) is 29.5 Å². The van der Waals surface area contributed by atoms with Crippen LogP contribution in [0.4, 0.5) is 0 Å². The Kier molecular flexibility index (Phi) is 6.01. The lowest BCUT2D eigenvalue weighted by atomic mass is 10.1. The molecular weight excluding hydrogens is 608 g/mol. The van der Waals surface area contributed by atoms with Crippen molar-refractivity contribution in [2.24, 2.45) is 0 Å². The van der Waals surface area contributed by atoms with Crippen LogP contribution in [-0.4, -0.2) is 29.5 Å². The molecule has 4 heterocycles. The van der Waals surface area contributed by atoms with Crippen LogP contribution in [0, 0.1) is 0 Å². The monoisotopic (exact) mass is 632 g/mol. The van der Waals surface area contributed by atoms with Crippen LogP contribution in [0.5, 0.6) is 0 Å². The van der Waals surface area contributed by atoms with Crippen molar-refractivity contribution in [2.45, 2.75) is 0 Å². The molecular formula is C41H24N6O2. The minimum Gasteiger partial charge on any atom is -0.436 e. The minimum atomic E-state index is 0.531. The summed E-state index contributed by atoms with van der Waals surface area (Å²) >= 11 is 0. The van der Waals surface area contributed by atoms with E-state index in [0.717, 1.165) is 66.3 Å². The quantitative estimate of drug-likeness (QED) is 0.186. The van der Waals surface area contributed by atoms with Gasteiger partial charge in [0.2, 0.25) is 17.7 Å². The third-order valence-electron chi connectivity index (χ3n) is 8.77. The van der Waals surface area contributed by atoms with Gasteiger partial charge in [-0.2, -0.15) is 9.97 Å². The molecule has 0 aliphatic rings. The number of hydrogen-bond donors (Lipinski definition) is 0. The number of fused-ring (bicyclic) bond motifs is 5. The summed E-state index contributed by atoms with van der Waals surface area (Å²) in [6, 6.07) is 48.1. The van der Waals surface area contributed by atoms with E-state index in [2.05, 4.69) is 50.9 Å². The van der Waals surface area contributed by atoms with Crippen LogP contribution in [0.15, 0.2) is 154 Å². The van der Waals surface area contributed by atoms with Crippen molar-refractivity contribution in [2.75, 3.05) is 0 Å². The second-order valence-corrected chi connectivity index (χ2v) is 11.8. The summed E-state index contributed by atoms with van der Waals surface area (Å²) in [5.41, 5.74) is 8.60. The SMILES string of the molecule is c1ccc2oc(-c3ccc(-c4nc(-c5ccc(-c6nc7ccccc7o6)cc5)nc(-n5c6ccccc6c6ccccc65)n4)cc3)nc2c1. The molecule has 0 N–H and O–H groups in total. The molecule has 10 rings (SSSR count). The van der Waals surface area contributed by atoms with Gasteiger partial charge in [-0.05, 0) is 60.7 Å². The first kappa shape index (κ1) is 27.2. The van der Waals surface area contributed by atoms with E-state index in [0.29, 0.717) is 29.4 Å². The van der Waals surface area contributed by atoms with Crippen molar-refractivity contribution in [3.8, 4) is 51.6 Å². The molecule has 0 unspecified atom stereocenters. The fourth-order valence-electron chi connectivity index (χ4n) is 6.38. The van der Waals surface area contributed by atoms with Gasteiger partial charge in [0.1, 0.15) is 11.0 Å². The first-order valence-electron chi connectivity index (χ1n) is 15.9. The molecule has 8 nitrogen and oxygen atoms in total. The normalized spacial score (nSPS) is 11.7. The summed E-state index contributed by atoms with van der Waals surface area (Å²) in [4.78, 5) is 24.5. The van der Waals surface area contributed by atoms with Crippen molar-refractivity contribution in [3.05, 3.63) is 146 Å². The molecule has 0 saturated carbocycles. The van der Waals surface area contributed by atoms with Gasteiger partial charge in [-0.15, -0.1) is 0 Å². The van der Waals surface area contributed by atoms with Gasteiger partial charge in [0.25, 0.3) is 0 Å². The maximum Gasteiger partial charge on any atom is 0.238 e. The summed E-state index contributed by atoms with van der Waals surface area (Å²) < 4.78 is 14.1. The molecule has 0 saturated heterocycles. The van der Waals surface area contributed by atoms with Crippen LogP contribution in [0.2, 0.25) is 0 Å². The summed E-state index contributed by atoms with van der Waals surface area (Å²) in [6.07, 6.45) is 0. The summed E-state index contributed by atoms with van der Waals surface area (Å²) in [5.74, 6) is 2.76. The zero-order chi connectivity index (χ0) is 32.3. The van der Waals surface area contributed by atoms with Crippen molar-refractivity contribution >= 4 is 44.0 Å². The van der Waals surface area contributed by atoms with Gasteiger partial charge in [-0.1, -0.05) is 84.9 Å². The maximum atomic E-state index is 6.02. The number of para-hydroxylation sites is 6. The summed E-state index contributed by atoms with van der Waals surface area (Å²) in [5, 5.41) is 2.26. The van der Waals surface area contributed by atoms with Gasteiger partial charge < -0.3 is 8.83 Å². The maximum absolute atomic E-state index is 6.02. The number of nitrogens with zero attached hydrogens (tertiary/aromatic N) is 6. The van der Waals surface area contributed by atoms with E-state index in [1.54, 1.807) is 0 Å². The molecule has 4 aromatic heterocycles. The van der Waals surface area contributed by atoms with E-state index >= 15 is 0 Å². The Balaban J connectivity index is 1.11. The molecule has 0 fully saturated rings. The highest BCUT2D eigenvalue weighted by molar-refractivity contribution is 6.09. The molecule has 0 spiro atoms. The lowest BCUT2D eigenvalue weighted by molar-refractivity contribution is 0.619. The van der Waals surface area contributed by atoms with E-state index in [1.807, 2.05) is 109 Å². The molecule has 230 valence electrons. The van der Waals surface area contributed by atoms with E-state index in [-0.39, 0.29) is 0 Å². The fourth-order valence-corrected chi connectivity index (χ4v) is 6.38. The standard InChI is InChI=1S/C41H24N6O2/c1-5-13-33-29(9-1)30-10-2-6-14-34(30)47(33)41-45-37(25-17-21-27(22-18-25)39-42-31-11-3-7-15-35(31)48-39)44-38(46-41)26-19-23-28(24-20-26)40-43-32-12-4-8-16-36(32)49-40/h1-24H. The lowest BCUT2D eigenvalue weighted by Gasteiger charge is -2.11. The van der Waals surface area contributed by atoms with Crippen LogP contribution >= 0.6 is 0 Å². The Hall–Kier alpha value is -6.93. The van der Waals surface area contributed by atoms with Crippen LogP contribution in [0.1, 0.15) is 0 Å². The van der Waals surface area contributed by atoms with Gasteiger partial charge in [0, 0.05) is 33.0 Å². The first-order valence-corrected chi connectivity index (χ1v) is 15.9. The molecule has 0 radical (unpaired) electrons. The van der Waals surface area contributed by atoms with Crippen molar-refractivity contribution in [3.63, 3.8) is 0 Å². The average molecular weight is 633 g/mol.